The van der Waals surface area contributed by atoms with Crippen molar-refractivity contribution in [3.8, 4) is 0 Å². The third-order valence-corrected chi connectivity index (χ3v) is 9.63. The molecule has 0 aliphatic heterocycles. The Bertz CT molecular complexity index is 374. The van der Waals surface area contributed by atoms with E-state index in [0.29, 0.717) is 0 Å². The minimum Gasteiger partial charge on any atom is -0.289 e. The topological polar surface area (TPSA) is 41.1 Å². The summed E-state index contributed by atoms with van der Waals surface area (Å²) in [7, 11) is -2.48. The number of rotatable bonds is 9. The summed E-state index contributed by atoms with van der Waals surface area (Å²) in [5.74, 6) is 2.58. The molecule has 0 heterocycles. The van der Waals surface area contributed by atoms with E-state index >= 15 is 0 Å². The minimum absolute atomic E-state index is 0.0865. The molecule has 4 aliphatic rings. The van der Waals surface area contributed by atoms with Gasteiger partial charge in [0.25, 0.3) is 0 Å². The Labute approximate surface area is 136 Å². The lowest BCUT2D eigenvalue weighted by Gasteiger charge is -2.58. The molecule has 22 heavy (non-hydrogen) atoms. The minimum atomic E-state index is -2.48. The molecule has 4 fully saturated rings. The van der Waals surface area contributed by atoms with E-state index in [0.717, 1.165) is 43.7 Å². The van der Waals surface area contributed by atoms with Crippen LogP contribution in [0.3, 0.4) is 0 Å². The van der Waals surface area contributed by atoms with Crippen LogP contribution in [-0.2, 0) is 4.57 Å². The van der Waals surface area contributed by atoms with Gasteiger partial charge in [-0.3, -0.25) is 14.7 Å². The Morgan fingerprint density at radius 3 is 1.64 bits per heavy atom. The van der Waals surface area contributed by atoms with Crippen molar-refractivity contribution in [3.63, 3.8) is 0 Å². The van der Waals surface area contributed by atoms with Gasteiger partial charge in [-0.05, 0) is 69.1 Å². The second-order valence-corrected chi connectivity index (χ2v) is 11.1. The summed E-state index contributed by atoms with van der Waals surface area (Å²) < 4.78 is 14.0. The zero-order valence-corrected chi connectivity index (χ0v) is 15.5. The van der Waals surface area contributed by atoms with Crippen LogP contribution in [0.5, 0.6) is 0 Å². The first-order chi connectivity index (χ1) is 10.6. The molecule has 0 unspecified atom stereocenters. The van der Waals surface area contributed by atoms with Gasteiger partial charge >= 0.3 is 0 Å². The van der Waals surface area contributed by atoms with E-state index in [9.17, 15) is 4.57 Å². The standard InChI is InChI=1S/C18H35N2OP/c1-3-5-7-19-22(21,20-8-6-4-2)18-12-15-9-16(13-18)11-17(10-15)14-18/h15-17H,3-14H2,1-2H3,(H2,19,20,21). The summed E-state index contributed by atoms with van der Waals surface area (Å²) in [4.78, 5) is 0. The second-order valence-electron chi connectivity index (χ2n) is 8.27. The van der Waals surface area contributed by atoms with Crippen molar-refractivity contribution < 1.29 is 4.57 Å². The van der Waals surface area contributed by atoms with Crippen LogP contribution in [0.4, 0.5) is 0 Å². The summed E-state index contributed by atoms with van der Waals surface area (Å²) in [6.45, 7) is 6.24. The molecule has 4 bridgehead atoms. The van der Waals surface area contributed by atoms with Gasteiger partial charge in [-0.1, -0.05) is 26.7 Å². The van der Waals surface area contributed by atoms with E-state index < -0.39 is 7.44 Å². The van der Waals surface area contributed by atoms with Crippen molar-refractivity contribution >= 4 is 7.44 Å². The Balaban J connectivity index is 1.76. The van der Waals surface area contributed by atoms with Gasteiger partial charge in [0.2, 0.25) is 7.44 Å². The van der Waals surface area contributed by atoms with Crippen molar-refractivity contribution in [2.45, 2.75) is 83.2 Å². The normalized spacial score (nSPS) is 36.9. The monoisotopic (exact) mass is 326 g/mol. The van der Waals surface area contributed by atoms with Crippen LogP contribution < -0.4 is 10.2 Å². The number of unbranched alkanes of at least 4 members (excludes halogenated alkanes) is 2. The van der Waals surface area contributed by atoms with Crippen molar-refractivity contribution in [2.75, 3.05) is 13.1 Å². The van der Waals surface area contributed by atoms with Crippen molar-refractivity contribution in [1.82, 2.24) is 10.2 Å². The lowest BCUT2D eigenvalue weighted by Crippen LogP contribution is -2.54. The molecule has 0 aromatic rings. The Morgan fingerprint density at radius 2 is 1.27 bits per heavy atom. The smallest absolute Gasteiger partial charge is 0.217 e. The van der Waals surface area contributed by atoms with Crippen molar-refractivity contribution in [1.29, 1.82) is 0 Å². The largest absolute Gasteiger partial charge is 0.289 e. The van der Waals surface area contributed by atoms with E-state index in [4.69, 9.17) is 0 Å². The number of hydrogen-bond donors (Lipinski definition) is 2. The molecule has 3 nitrogen and oxygen atoms in total. The van der Waals surface area contributed by atoms with Crippen LogP contribution in [0.2, 0.25) is 0 Å². The summed E-state index contributed by atoms with van der Waals surface area (Å²) in [6.07, 6.45) is 12.5. The average Bonchev–Trinajstić information content (AvgIpc) is 2.46. The maximum atomic E-state index is 14.0. The highest BCUT2D eigenvalue weighted by Gasteiger charge is 2.58. The zero-order valence-electron chi connectivity index (χ0n) is 14.6. The van der Waals surface area contributed by atoms with Gasteiger partial charge in [0.15, 0.2) is 0 Å². The molecule has 2 N–H and O–H groups in total. The molecule has 4 saturated carbocycles. The SMILES string of the molecule is CCCCNP(=O)(NCCCC)C12CC3CC(CC(C3)C1)C2. The third-order valence-electron chi connectivity index (χ3n) is 6.40. The van der Waals surface area contributed by atoms with Gasteiger partial charge in [0, 0.05) is 13.1 Å². The Hall–Kier alpha value is 0.150. The lowest BCUT2D eigenvalue weighted by molar-refractivity contribution is 0.0314. The lowest BCUT2D eigenvalue weighted by atomic mass is 9.56. The van der Waals surface area contributed by atoms with Crippen molar-refractivity contribution in [3.05, 3.63) is 0 Å². The van der Waals surface area contributed by atoms with E-state index in [1.807, 2.05) is 0 Å². The van der Waals surface area contributed by atoms with Gasteiger partial charge in [-0.2, -0.15) is 0 Å². The molecular weight excluding hydrogens is 291 g/mol. The van der Waals surface area contributed by atoms with Gasteiger partial charge in [0.05, 0.1) is 5.16 Å². The first-order valence-electron chi connectivity index (χ1n) is 9.71. The fourth-order valence-electron chi connectivity index (χ4n) is 5.67. The van der Waals surface area contributed by atoms with Crippen LogP contribution >= 0.6 is 7.44 Å². The molecule has 0 aromatic carbocycles. The van der Waals surface area contributed by atoms with Crippen LogP contribution in [0.1, 0.15) is 78.1 Å². The molecule has 4 aliphatic carbocycles. The maximum Gasteiger partial charge on any atom is 0.217 e. The maximum absolute atomic E-state index is 14.0. The molecule has 0 spiro atoms. The second kappa shape index (κ2) is 6.95. The molecule has 0 atom stereocenters. The predicted octanol–water partition coefficient (Wildman–Crippen LogP) is 4.93. The molecule has 128 valence electrons. The van der Waals surface area contributed by atoms with Gasteiger partial charge in [0.1, 0.15) is 0 Å². The Morgan fingerprint density at radius 1 is 0.864 bits per heavy atom. The van der Waals surface area contributed by atoms with Gasteiger partial charge in [-0.25, -0.2) is 0 Å². The third kappa shape index (κ3) is 3.19. The van der Waals surface area contributed by atoms with E-state index in [1.54, 1.807) is 0 Å². The summed E-state index contributed by atoms with van der Waals surface area (Å²) in [5.41, 5.74) is 0. The number of nitrogens with one attached hydrogen (secondary N) is 2. The molecule has 4 heteroatoms. The highest BCUT2D eigenvalue weighted by atomic mass is 31.2. The molecule has 4 rings (SSSR count). The van der Waals surface area contributed by atoms with E-state index in [2.05, 4.69) is 24.0 Å². The average molecular weight is 326 g/mol. The predicted molar refractivity (Wildman–Crippen MR) is 94.3 cm³/mol. The fraction of sp³-hybridized carbons (Fsp3) is 1.00. The Kier molecular flexibility index (Phi) is 5.37. The summed E-state index contributed by atoms with van der Waals surface area (Å²) in [6, 6.07) is 0. The van der Waals surface area contributed by atoms with Gasteiger partial charge < -0.3 is 0 Å². The highest BCUT2D eigenvalue weighted by Crippen LogP contribution is 2.69. The zero-order chi connectivity index (χ0) is 15.6. The molecule has 0 saturated heterocycles. The summed E-state index contributed by atoms with van der Waals surface area (Å²) >= 11 is 0. The quantitative estimate of drug-likeness (QED) is 0.466. The van der Waals surface area contributed by atoms with Crippen LogP contribution in [0.25, 0.3) is 0 Å². The summed E-state index contributed by atoms with van der Waals surface area (Å²) in [5, 5.41) is 7.20. The number of hydrogen-bond acceptors (Lipinski definition) is 1. The first-order valence-corrected chi connectivity index (χ1v) is 11.4. The van der Waals surface area contributed by atoms with Crippen molar-refractivity contribution in [2.24, 2.45) is 17.8 Å². The van der Waals surface area contributed by atoms with E-state index in [-0.39, 0.29) is 5.16 Å². The fourth-order valence-corrected chi connectivity index (χ4v) is 8.94. The van der Waals surface area contributed by atoms with Gasteiger partial charge in [-0.15, -0.1) is 0 Å². The molecular formula is C18H35N2OP. The highest BCUT2D eigenvalue weighted by molar-refractivity contribution is 7.61. The van der Waals surface area contributed by atoms with E-state index in [1.165, 1.54) is 51.4 Å². The molecule has 0 amide bonds. The van der Waals surface area contributed by atoms with Crippen LogP contribution in [-0.4, -0.2) is 18.2 Å². The molecule has 0 aromatic heterocycles. The van der Waals surface area contributed by atoms with Crippen LogP contribution in [0.15, 0.2) is 0 Å². The molecule has 0 radical (unpaired) electrons. The first kappa shape index (κ1) is 17.0. The van der Waals surface area contributed by atoms with Crippen LogP contribution in [0, 0.1) is 17.8 Å².